The Balaban J connectivity index is 1.72. The second-order valence-electron chi connectivity index (χ2n) is 7.91. The molecule has 0 N–H and O–H groups in total. The third-order valence-corrected chi connectivity index (χ3v) is 7.41. The molecule has 33 heavy (non-hydrogen) atoms. The fourth-order valence-electron chi connectivity index (χ4n) is 3.84. The number of fused-ring (bicyclic) bond motifs is 1. The number of aromatic nitrogens is 7. The van der Waals surface area contributed by atoms with Crippen LogP contribution in [-0.4, -0.2) is 44.9 Å². The van der Waals surface area contributed by atoms with Crippen LogP contribution in [0.15, 0.2) is 29.7 Å². The van der Waals surface area contributed by atoms with E-state index in [0.29, 0.717) is 39.8 Å². The molecule has 5 rings (SSSR count). The summed E-state index contributed by atoms with van der Waals surface area (Å²) in [5.74, 6) is 1.45. The average molecular weight is 476 g/mol. The van der Waals surface area contributed by atoms with E-state index in [0.717, 1.165) is 30.7 Å². The van der Waals surface area contributed by atoms with E-state index < -0.39 is 22.2 Å². The Labute approximate surface area is 189 Å². The lowest BCUT2D eigenvalue weighted by molar-refractivity contribution is -0.137. The van der Waals surface area contributed by atoms with Crippen LogP contribution in [0, 0.1) is 0 Å². The summed E-state index contributed by atoms with van der Waals surface area (Å²) in [6.07, 6.45) is 2.10. The van der Waals surface area contributed by atoms with Gasteiger partial charge in [0.1, 0.15) is 22.1 Å². The van der Waals surface area contributed by atoms with Crippen LogP contribution in [0.3, 0.4) is 0 Å². The topological polar surface area (TPSA) is 83.4 Å². The molecule has 0 radical (unpaired) electrons. The van der Waals surface area contributed by atoms with Gasteiger partial charge in [-0.25, -0.2) is 19.7 Å². The number of aryl methyl sites for hydroxylation is 1. The van der Waals surface area contributed by atoms with Gasteiger partial charge in [0.05, 0.1) is 23.4 Å². The minimum Gasteiger partial charge on any atom is -0.321 e. The number of hydrogen-bond acceptors (Lipinski definition) is 5. The van der Waals surface area contributed by atoms with Gasteiger partial charge in [0.25, 0.3) is 0 Å². The number of hydrogen-bond donors (Lipinski definition) is 0. The van der Waals surface area contributed by atoms with Gasteiger partial charge in [-0.1, -0.05) is 17.4 Å². The van der Waals surface area contributed by atoms with Crippen molar-refractivity contribution < 1.29 is 18.0 Å². The van der Waals surface area contributed by atoms with Crippen molar-refractivity contribution in [3.05, 3.63) is 30.2 Å². The highest BCUT2D eigenvalue weighted by Gasteiger charge is 2.32. The molecule has 0 spiro atoms. The molecule has 1 aliphatic rings. The van der Waals surface area contributed by atoms with E-state index in [1.165, 1.54) is 0 Å². The van der Waals surface area contributed by atoms with Crippen molar-refractivity contribution in [3.8, 4) is 22.9 Å². The molecule has 4 heterocycles. The number of rotatable bonds is 5. The SMILES string of the molecule is CCS(=C=O)c1c(-c2nc3cc(C(F)(F)F)cnc3n2C)nc(-c2cnn(C3CC3)c2)n1C. The maximum absolute atomic E-state index is 13.2. The molecule has 0 saturated heterocycles. The molecule has 0 bridgehead atoms. The Morgan fingerprint density at radius 3 is 2.55 bits per heavy atom. The standard InChI is InChI=1S/C21H20F3N7OS/c1-4-33(11-32)20-16(28-17(30(20)3)12-8-26-31(10-12)14-5-6-14)19-27-15-7-13(21(22,23)24)9-25-18(15)29(19)2/h7-10,14H,4-6H2,1-3H3. The number of imidazole rings is 2. The zero-order chi connectivity index (χ0) is 23.5. The van der Waals surface area contributed by atoms with E-state index in [2.05, 4.69) is 20.3 Å². The lowest BCUT2D eigenvalue weighted by atomic mass is 10.2. The van der Waals surface area contributed by atoms with E-state index in [4.69, 9.17) is 4.98 Å². The molecular weight excluding hydrogens is 455 g/mol. The van der Waals surface area contributed by atoms with Crippen molar-refractivity contribution in [2.45, 2.75) is 37.0 Å². The molecule has 12 heteroatoms. The van der Waals surface area contributed by atoms with Crippen molar-refractivity contribution in [2.24, 2.45) is 14.1 Å². The van der Waals surface area contributed by atoms with Crippen LogP contribution in [-0.2, 0) is 25.1 Å². The highest BCUT2D eigenvalue weighted by atomic mass is 32.2. The normalized spacial score (nSPS) is 15.2. The van der Waals surface area contributed by atoms with E-state index in [1.54, 1.807) is 17.8 Å². The second-order valence-corrected chi connectivity index (χ2v) is 9.82. The molecule has 4 aromatic heterocycles. The number of pyridine rings is 1. The molecule has 172 valence electrons. The molecular formula is C21H20F3N7OS. The van der Waals surface area contributed by atoms with Crippen LogP contribution in [0.4, 0.5) is 13.2 Å². The van der Waals surface area contributed by atoms with Gasteiger partial charge in [0, 0.05) is 32.2 Å². The van der Waals surface area contributed by atoms with Crippen molar-refractivity contribution in [1.29, 1.82) is 0 Å². The van der Waals surface area contributed by atoms with Crippen molar-refractivity contribution in [3.63, 3.8) is 0 Å². The molecule has 8 nitrogen and oxygen atoms in total. The van der Waals surface area contributed by atoms with Gasteiger partial charge in [-0.15, -0.1) is 0 Å². The van der Waals surface area contributed by atoms with Crippen LogP contribution in [0.25, 0.3) is 34.1 Å². The summed E-state index contributed by atoms with van der Waals surface area (Å²) in [7, 11) is 2.58. The van der Waals surface area contributed by atoms with E-state index >= 15 is 0 Å². The number of halogens is 3. The Morgan fingerprint density at radius 1 is 1.15 bits per heavy atom. The largest absolute Gasteiger partial charge is 0.417 e. The molecule has 0 amide bonds. The molecule has 1 aliphatic carbocycles. The van der Waals surface area contributed by atoms with Crippen molar-refractivity contribution in [1.82, 2.24) is 33.9 Å². The molecule has 1 unspecified atom stereocenters. The Morgan fingerprint density at radius 2 is 1.91 bits per heavy atom. The summed E-state index contributed by atoms with van der Waals surface area (Å²) in [5.41, 5.74) is 0.745. The zero-order valence-electron chi connectivity index (χ0n) is 18.1. The van der Waals surface area contributed by atoms with E-state index in [-0.39, 0.29) is 5.52 Å². The van der Waals surface area contributed by atoms with Gasteiger partial charge in [-0.3, -0.25) is 4.68 Å². The van der Waals surface area contributed by atoms with Crippen LogP contribution in [0.1, 0.15) is 31.4 Å². The highest BCUT2D eigenvalue weighted by Crippen LogP contribution is 2.40. The average Bonchev–Trinajstić information content (AvgIpc) is 3.29. The maximum atomic E-state index is 13.2. The van der Waals surface area contributed by atoms with Crippen LogP contribution in [0.5, 0.6) is 0 Å². The van der Waals surface area contributed by atoms with E-state index in [9.17, 15) is 18.0 Å². The van der Waals surface area contributed by atoms with Gasteiger partial charge in [-0.2, -0.15) is 18.3 Å². The molecule has 1 saturated carbocycles. The number of carbonyl (C=O) groups excluding carboxylic acids is 1. The minimum absolute atomic E-state index is 0.105. The van der Waals surface area contributed by atoms with Crippen LogP contribution in [0.2, 0.25) is 0 Å². The van der Waals surface area contributed by atoms with Gasteiger partial charge in [0.2, 0.25) is 0 Å². The first-order chi connectivity index (χ1) is 15.7. The van der Waals surface area contributed by atoms with E-state index in [1.807, 2.05) is 29.4 Å². The summed E-state index contributed by atoms with van der Waals surface area (Å²) >= 11 is 0. The smallest absolute Gasteiger partial charge is 0.321 e. The second kappa shape index (κ2) is 7.67. The van der Waals surface area contributed by atoms with Crippen molar-refractivity contribution >= 4 is 26.9 Å². The Bertz CT molecular complexity index is 1440. The first-order valence-corrected chi connectivity index (χ1v) is 11.7. The van der Waals surface area contributed by atoms with Gasteiger partial charge in [0.15, 0.2) is 16.7 Å². The third-order valence-electron chi connectivity index (χ3n) is 5.69. The van der Waals surface area contributed by atoms with Crippen LogP contribution < -0.4 is 0 Å². The Hall–Kier alpha value is -3.24. The predicted molar refractivity (Wildman–Crippen MR) is 117 cm³/mol. The van der Waals surface area contributed by atoms with Gasteiger partial charge in [-0.05, 0) is 18.9 Å². The van der Waals surface area contributed by atoms with Gasteiger partial charge < -0.3 is 9.13 Å². The lowest BCUT2D eigenvalue weighted by Crippen LogP contribution is -2.05. The molecule has 4 aromatic rings. The van der Waals surface area contributed by atoms with Crippen molar-refractivity contribution in [2.75, 3.05) is 5.75 Å². The minimum atomic E-state index is -4.52. The monoisotopic (exact) mass is 475 g/mol. The molecule has 1 fully saturated rings. The molecule has 0 aromatic carbocycles. The summed E-state index contributed by atoms with van der Waals surface area (Å²) in [4.78, 5) is 25.0. The first-order valence-electron chi connectivity index (χ1n) is 10.3. The number of nitrogens with zero attached hydrogens (tertiary/aromatic N) is 7. The quantitative estimate of drug-likeness (QED) is 0.402. The molecule has 1 atom stereocenters. The molecule has 0 aliphatic heterocycles. The summed E-state index contributed by atoms with van der Waals surface area (Å²) in [6.45, 7) is 1.88. The summed E-state index contributed by atoms with van der Waals surface area (Å²) in [5, 5.41) is 7.14. The fraction of sp³-hybridized carbons (Fsp3) is 0.381. The fourth-order valence-corrected chi connectivity index (χ4v) is 5.10. The first kappa shape index (κ1) is 21.6. The number of alkyl halides is 3. The summed E-state index contributed by atoms with van der Waals surface area (Å²) in [6, 6.07) is 1.38. The zero-order valence-corrected chi connectivity index (χ0v) is 18.9. The summed E-state index contributed by atoms with van der Waals surface area (Å²) < 4.78 is 44.9. The third kappa shape index (κ3) is 3.59. The van der Waals surface area contributed by atoms with Gasteiger partial charge >= 0.3 is 6.18 Å². The maximum Gasteiger partial charge on any atom is 0.417 e. The highest BCUT2D eigenvalue weighted by molar-refractivity contribution is 8.14. The predicted octanol–water partition coefficient (Wildman–Crippen LogP) is 4.30. The Kier molecular flexibility index (Phi) is 5.02. The van der Waals surface area contributed by atoms with Crippen LogP contribution >= 0.6 is 10.5 Å². The lowest BCUT2D eigenvalue weighted by Gasteiger charge is -2.08.